The number of rotatable bonds is 5. The Labute approximate surface area is 124 Å². The Morgan fingerprint density at radius 1 is 1.29 bits per heavy atom. The highest BCUT2D eigenvalue weighted by Gasteiger charge is 2.01. The van der Waals surface area contributed by atoms with E-state index in [1.54, 1.807) is 6.21 Å². The Morgan fingerprint density at radius 2 is 2.10 bits per heavy atom. The Kier molecular flexibility index (Phi) is 4.77. The number of nitrogens with one attached hydrogen (secondary N) is 2. The second-order valence-corrected chi connectivity index (χ2v) is 4.99. The monoisotopic (exact) mass is 284 g/mol. The molecule has 1 aromatic heterocycles. The van der Waals surface area contributed by atoms with E-state index in [4.69, 9.17) is 0 Å². The van der Waals surface area contributed by atoms with Crippen molar-refractivity contribution in [3.63, 3.8) is 0 Å². The molecular weight excluding hydrogens is 264 g/mol. The summed E-state index contributed by atoms with van der Waals surface area (Å²) in [6.45, 7) is 4.29. The van der Waals surface area contributed by atoms with Crippen molar-refractivity contribution >= 4 is 17.8 Å². The fourth-order valence-corrected chi connectivity index (χ4v) is 1.85. The van der Waals surface area contributed by atoms with Gasteiger partial charge >= 0.3 is 0 Å². The number of aromatic nitrogens is 1. The van der Waals surface area contributed by atoms with Crippen LogP contribution in [0.15, 0.2) is 41.6 Å². The number of anilines is 1. The van der Waals surface area contributed by atoms with Crippen LogP contribution in [0.25, 0.3) is 0 Å². The van der Waals surface area contributed by atoms with Gasteiger partial charge in [0.2, 0.25) is 0 Å². The van der Waals surface area contributed by atoms with E-state index in [2.05, 4.69) is 22.8 Å². The van der Waals surface area contributed by atoms with Gasteiger partial charge in [-0.05, 0) is 49.2 Å². The number of benzene rings is 1. The highest BCUT2D eigenvalue weighted by atomic mass is 16.2. The van der Waals surface area contributed by atoms with Gasteiger partial charge in [0.1, 0.15) is 0 Å². The first-order valence-corrected chi connectivity index (χ1v) is 6.80. The molecule has 0 saturated heterocycles. The first-order chi connectivity index (χ1) is 10.1. The van der Waals surface area contributed by atoms with Gasteiger partial charge in [0.25, 0.3) is 5.91 Å². The number of hydrazone groups is 1. The zero-order chi connectivity index (χ0) is 15.2. The maximum absolute atomic E-state index is 11.7. The molecule has 2 N–H and O–H groups in total. The normalized spacial score (nSPS) is 10.8. The molecule has 5 heteroatoms. The molecule has 5 nitrogen and oxygen atoms in total. The molecule has 0 aliphatic rings. The van der Waals surface area contributed by atoms with Crippen LogP contribution in [-0.4, -0.2) is 23.2 Å². The van der Waals surface area contributed by atoms with E-state index in [-0.39, 0.29) is 12.5 Å². The third-order valence-corrected chi connectivity index (χ3v) is 3.33. The highest BCUT2D eigenvalue weighted by molar-refractivity contribution is 5.83. The highest BCUT2D eigenvalue weighted by Crippen LogP contribution is 2.13. The summed E-state index contributed by atoms with van der Waals surface area (Å²) in [6.07, 6.45) is 3.54. The number of hydrogen-bond acceptors (Lipinski definition) is 3. The summed E-state index contributed by atoms with van der Waals surface area (Å²) in [5.41, 5.74) is 6.79. The smallest absolute Gasteiger partial charge is 0.259 e. The van der Waals surface area contributed by atoms with Gasteiger partial charge in [-0.25, -0.2) is 5.43 Å². The molecule has 2 aromatic rings. The van der Waals surface area contributed by atoms with E-state index in [0.717, 1.165) is 11.4 Å². The molecule has 21 heavy (non-hydrogen) atoms. The molecule has 0 atom stereocenters. The summed E-state index contributed by atoms with van der Waals surface area (Å²) >= 11 is 0. The molecule has 110 valence electrons. The van der Waals surface area contributed by atoms with Gasteiger partial charge in [0, 0.05) is 18.9 Å². The molecule has 1 aromatic carbocycles. The van der Waals surface area contributed by atoms with E-state index >= 15 is 0 Å². The van der Waals surface area contributed by atoms with Gasteiger partial charge in [0.15, 0.2) is 0 Å². The second kappa shape index (κ2) is 6.74. The molecule has 0 aliphatic carbocycles. The van der Waals surface area contributed by atoms with E-state index in [1.165, 1.54) is 11.1 Å². The second-order valence-electron chi connectivity index (χ2n) is 4.99. The lowest BCUT2D eigenvalue weighted by Gasteiger charge is -2.07. The number of aryl methyl sites for hydroxylation is 3. The van der Waals surface area contributed by atoms with Crippen molar-refractivity contribution in [3.05, 3.63) is 53.3 Å². The summed E-state index contributed by atoms with van der Waals surface area (Å²) < 4.78 is 1.92. The minimum atomic E-state index is -0.182. The van der Waals surface area contributed by atoms with Gasteiger partial charge in [-0.15, -0.1) is 0 Å². The summed E-state index contributed by atoms with van der Waals surface area (Å²) in [7, 11) is 1.92. The van der Waals surface area contributed by atoms with Crippen LogP contribution in [0, 0.1) is 13.8 Å². The van der Waals surface area contributed by atoms with Crippen LogP contribution in [0.5, 0.6) is 0 Å². The summed E-state index contributed by atoms with van der Waals surface area (Å²) in [4.78, 5) is 11.7. The van der Waals surface area contributed by atoms with Crippen LogP contribution in [0.3, 0.4) is 0 Å². The Bertz CT molecular complexity index is 658. The number of carbonyl (C=O) groups excluding carboxylic acids is 1. The third kappa shape index (κ3) is 4.21. The van der Waals surface area contributed by atoms with E-state index in [0.29, 0.717) is 0 Å². The summed E-state index contributed by atoms with van der Waals surface area (Å²) in [5.74, 6) is -0.182. The molecule has 0 saturated carbocycles. The predicted octanol–water partition coefficient (Wildman–Crippen LogP) is 2.20. The van der Waals surface area contributed by atoms with Crippen molar-refractivity contribution in [1.82, 2.24) is 9.99 Å². The molecule has 0 fully saturated rings. The third-order valence-electron chi connectivity index (χ3n) is 3.33. The molecule has 0 unspecified atom stereocenters. The number of carbonyl (C=O) groups is 1. The van der Waals surface area contributed by atoms with Gasteiger partial charge in [-0.3, -0.25) is 4.79 Å². The maximum atomic E-state index is 11.7. The van der Waals surface area contributed by atoms with Gasteiger partial charge in [0.05, 0.1) is 18.5 Å². The van der Waals surface area contributed by atoms with Crippen LogP contribution < -0.4 is 10.7 Å². The molecule has 2 rings (SSSR count). The van der Waals surface area contributed by atoms with Crippen LogP contribution in [-0.2, 0) is 11.8 Å². The molecule has 0 radical (unpaired) electrons. The summed E-state index contributed by atoms with van der Waals surface area (Å²) in [6, 6.07) is 9.86. The number of nitrogens with zero attached hydrogens (tertiary/aromatic N) is 2. The van der Waals surface area contributed by atoms with Crippen LogP contribution in [0.4, 0.5) is 5.69 Å². The standard InChI is InChI=1S/C16H20N4O/c1-12-6-7-14(9-13(12)2)17-11-16(21)19-18-10-15-5-4-8-20(15)3/h4-10,17H,11H2,1-3H3,(H,19,21)/b18-10-. The Balaban J connectivity index is 1.81. The SMILES string of the molecule is Cc1ccc(NCC(=O)N/N=C\c2cccn2C)cc1C. The largest absolute Gasteiger partial charge is 0.376 e. The van der Waals surface area contributed by atoms with Crippen molar-refractivity contribution in [3.8, 4) is 0 Å². The predicted molar refractivity (Wildman–Crippen MR) is 85.6 cm³/mol. The summed E-state index contributed by atoms with van der Waals surface area (Å²) in [5, 5.41) is 7.01. The molecule has 0 spiro atoms. The molecule has 1 amide bonds. The van der Waals surface area contributed by atoms with Crippen LogP contribution in [0.2, 0.25) is 0 Å². The van der Waals surface area contributed by atoms with E-state index in [9.17, 15) is 4.79 Å². The zero-order valence-electron chi connectivity index (χ0n) is 12.6. The lowest BCUT2D eigenvalue weighted by molar-refractivity contribution is -0.119. The Morgan fingerprint density at radius 3 is 2.76 bits per heavy atom. The van der Waals surface area contributed by atoms with Crippen molar-refractivity contribution in [2.45, 2.75) is 13.8 Å². The number of amides is 1. The maximum Gasteiger partial charge on any atom is 0.259 e. The minimum absolute atomic E-state index is 0.182. The molecular formula is C16H20N4O. The fourth-order valence-electron chi connectivity index (χ4n) is 1.85. The van der Waals surface area contributed by atoms with Gasteiger partial charge in [-0.2, -0.15) is 5.10 Å². The minimum Gasteiger partial charge on any atom is -0.376 e. The average molecular weight is 284 g/mol. The fraction of sp³-hybridized carbons (Fsp3) is 0.250. The van der Waals surface area contributed by atoms with Crippen LogP contribution >= 0.6 is 0 Å². The zero-order valence-corrected chi connectivity index (χ0v) is 12.6. The lowest BCUT2D eigenvalue weighted by Crippen LogP contribution is -2.26. The molecule has 0 bridgehead atoms. The lowest BCUT2D eigenvalue weighted by atomic mass is 10.1. The topological polar surface area (TPSA) is 58.4 Å². The van der Waals surface area contributed by atoms with Crippen molar-refractivity contribution in [2.24, 2.45) is 12.1 Å². The van der Waals surface area contributed by atoms with Crippen molar-refractivity contribution < 1.29 is 4.79 Å². The van der Waals surface area contributed by atoms with Crippen LogP contribution in [0.1, 0.15) is 16.8 Å². The van der Waals surface area contributed by atoms with E-state index < -0.39 is 0 Å². The van der Waals surface area contributed by atoms with Gasteiger partial charge in [-0.1, -0.05) is 6.07 Å². The quantitative estimate of drug-likeness (QED) is 0.653. The average Bonchev–Trinajstić information content (AvgIpc) is 2.86. The molecule has 0 aliphatic heterocycles. The van der Waals surface area contributed by atoms with Crippen molar-refractivity contribution in [2.75, 3.05) is 11.9 Å². The first-order valence-electron chi connectivity index (χ1n) is 6.80. The number of hydrogen-bond donors (Lipinski definition) is 2. The van der Waals surface area contributed by atoms with E-state index in [1.807, 2.05) is 55.1 Å². The van der Waals surface area contributed by atoms with Crippen molar-refractivity contribution in [1.29, 1.82) is 0 Å². The van der Waals surface area contributed by atoms with Gasteiger partial charge < -0.3 is 9.88 Å². The molecule has 1 heterocycles. The Hall–Kier alpha value is -2.56. The first kappa shape index (κ1) is 14.8.